The van der Waals surface area contributed by atoms with Crippen molar-refractivity contribution in [2.75, 3.05) is 42.0 Å². The van der Waals surface area contributed by atoms with Crippen molar-refractivity contribution in [2.24, 2.45) is 0 Å². The summed E-state index contributed by atoms with van der Waals surface area (Å²) in [6.45, 7) is 4.37. The van der Waals surface area contributed by atoms with E-state index in [1.54, 1.807) is 34.3 Å². The van der Waals surface area contributed by atoms with Gasteiger partial charge in [-0.1, -0.05) is 36.4 Å². The van der Waals surface area contributed by atoms with Gasteiger partial charge in [0, 0.05) is 36.6 Å². The van der Waals surface area contributed by atoms with E-state index in [1.807, 2.05) is 60.7 Å². The van der Waals surface area contributed by atoms with E-state index in [-0.39, 0.29) is 12.0 Å². The molecule has 1 fully saturated rings. The number of benzene rings is 3. The lowest BCUT2D eigenvalue weighted by atomic mass is 10.1. The van der Waals surface area contributed by atoms with Crippen molar-refractivity contribution in [3.05, 3.63) is 90.0 Å². The number of ether oxygens (including phenoxy) is 1. The normalized spacial score (nSPS) is 13.1. The first-order valence-electron chi connectivity index (χ1n) is 11.4. The van der Waals surface area contributed by atoms with E-state index in [1.165, 1.54) is 11.9 Å². The third-order valence-electron chi connectivity index (χ3n) is 5.63. The number of amides is 2. The fourth-order valence-corrected chi connectivity index (χ4v) is 4.75. The maximum Gasteiger partial charge on any atom is 0.409 e. The fourth-order valence-electron chi connectivity index (χ4n) is 3.86. The maximum absolute atomic E-state index is 13.5. The first-order valence-corrected chi connectivity index (χ1v) is 12.2. The molecule has 1 aliphatic rings. The van der Waals surface area contributed by atoms with Gasteiger partial charge in [0.1, 0.15) is 6.07 Å². The predicted molar refractivity (Wildman–Crippen MR) is 138 cm³/mol. The lowest BCUT2D eigenvalue weighted by Crippen LogP contribution is -2.49. The first kappa shape index (κ1) is 24.2. The number of rotatable bonds is 6. The van der Waals surface area contributed by atoms with Crippen LogP contribution in [0, 0.1) is 11.3 Å². The van der Waals surface area contributed by atoms with Gasteiger partial charge in [0.15, 0.2) is 0 Å². The Kier molecular flexibility index (Phi) is 7.91. The maximum atomic E-state index is 13.5. The van der Waals surface area contributed by atoms with Crippen LogP contribution in [0.15, 0.2) is 83.8 Å². The summed E-state index contributed by atoms with van der Waals surface area (Å²) in [6.07, 6.45) is -0.309. The van der Waals surface area contributed by atoms with Gasteiger partial charge in [-0.3, -0.25) is 4.79 Å². The smallest absolute Gasteiger partial charge is 0.409 e. The molecule has 0 aromatic heterocycles. The summed E-state index contributed by atoms with van der Waals surface area (Å²) in [5.41, 5.74) is 2.45. The van der Waals surface area contributed by atoms with Crippen molar-refractivity contribution < 1.29 is 14.3 Å². The Morgan fingerprint density at radius 3 is 2.26 bits per heavy atom. The lowest BCUT2D eigenvalue weighted by molar-refractivity contribution is 0.101. The zero-order valence-corrected chi connectivity index (χ0v) is 20.3. The molecule has 2 amide bonds. The molecule has 35 heavy (non-hydrogen) atoms. The standard InChI is InChI=1S/C27H26N4O3S/c1-2-34-27(33)30-17-15-29(16-18-30)25-14-13-23(19-22(25)20-28)31(35-24-11-7-4-8-12-24)26(32)21-9-5-3-6-10-21/h3-14,19H,2,15-18H2,1H3. The third-order valence-corrected chi connectivity index (χ3v) is 6.67. The van der Waals surface area contributed by atoms with E-state index < -0.39 is 0 Å². The average Bonchev–Trinajstić information content (AvgIpc) is 2.92. The van der Waals surface area contributed by atoms with Crippen LogP contribution < -0.4 is 9.21 Å². The van der Waals surface area contributed by atoms with Crippen LogP contribution in [0.25, 0.3) is 0 Å². The molecule has 3 aromatic rings. The molecule has 178 valence electrons. The molecule has 1 saturated heterocycles. The molecule has 7 nitrogen and oxygen atoms in total. The van der Waals surface area contributed by atoms with Crippen LogP contribution in [0.3, 0.4) is 0 Å². The predicted octanol–water partition coefficient (Wildman–Crippen LogP) is 5.19. The molecule has 0 aliphatic carbocycles. The van der Waals surface area contributed by atoms with Crippen molar-refractivity contribution in [3.63, 3.8) is 0 Å². The Labute approximate surface area is 209 Å². The second kappa shape index (κ2) is 11.4. The molecule has 4 rings (SSSR count). The molecule has 1 heterocycles. The minimum Gasteiger partial charge on any atom is -0.450 e. The number of anilines is 2. The van der Waals surface area contributed by atoms with Crippen LogP contribution in [-0.4, -0.2) is 49.7 Å². The third kappa shape index (κ3) is 5.76. The van der Waals surface area contributed by atoms with E-state index >= 15 is 0 Å². The summed E-state index contributed by atoms with van der Waals surface area (Å²) in [4.78, 5) is 30.1. The van der Waals surface area contributed by atoms with Crippen molar-refractivity contribution in [3.8, 4) is 6.07 Å². The Morgan fingerprint density at radius 2 is 1.63 bits per heavy atom. The van der Waals surface area contributed by atoms with Crippen LogP contribution in [0.4, 0.5) is 16.2 Å². The SMILES string of the molecule is CCOC(=O)N1CCN(c2ccc(N(Sc3ccccc3)C(=O)c3ccccc3)cc2C#N)CC1. The molecule has 0 saturated carbocycles. The number of piperazine rings is 1. The van der Waals surface area contributed by atoms with E-state index in [9.17, 15) is 14.9 Å². The van der Waals surface area contributed by atoms with E-state index in [2.05, 4.69) is 11.0 Å². The van der Waals surface area contributed by atoms with Gasteiger partial charge in [-0.25, -0.2) is 9.10 Å². The van der Waals surface area contributed by atoms with Gasteiger partial charge in [-0.2, -0.15) is 5.26 Å². The molecule has 0 bridgehead atoms. The van der Waals surface area contributed by atoms with E-state index in [0.717, 1.165) is 10.6 Å². The second-order valence-electron chi connectivity index (χ2n) is 7.86. The zero-order chi connectivity index (χ0) is 24.6. The molecule has 1 aliphatic heterocycles. The van der Waals surface area contributed by atoms with Gasteiger partial charge in [0.05, 0.1) is 23.5 Å². The van der Waals surface area contributed by atoms with Gasteiger partial charge in [0.25, 0.3) is 5.91 Å². The highest BCUT2D eigenvalue weighted by molar-refractivity contribution is 8.01. The van der Waals surface area contributed by atoms with Gasteiger partial charge in [-0.15, -0.1) is 0 Å². The quantitative estimate of drug-likeness (QED) is 0.446. The molecule has 8 heteroatoms. The van der Waals surface area contributed by atoms with E-state index in [4.69, 9.17) is 4.74 Å². The molecule has 0 radical (unpaired) electrons. The monoisotopic (exact) mass is 486 g/mol. The highest BCUT2D eigenvalue weighted by Gasteiger charge is 2.25. The molecule has 0 N–H and O–H groups in total. The summed E-state index contributed by atoms with van der Waals surface area (Å²) in [5.74, 6) is -0.167. The van der Waals surface area contributed by atoms with Crippen molar-refractivity contribution in [1.82, 2.24) is 4.90 Å². The topological polar surface area (TPSA) is 76.9 Å². The average molecular weight is 487 g/mol. The molecular formula is C27H26N4O3S. The summed E-state index contributed by atoms with van der Waals surface area (Å²) < 4.78 is 6.71. The molecule has 0 atom stereocenters. The number of hydrogen-bond donors (Lipinski definition) is 0. The summed E-state index contributed by atoms with van der Waals surface area (Å²) >= 11 is 1.32. The minimum absolute atomic E-state index is 0.167. The van der Waals surface area contributed by atoms with Crippen LogP contribution in [-0.2, 0) is 4.74 Å². The Hall–Kier alpha value is -3.96. The summed E-state index contributed by atoms with van der Waals surface area (Å²) in [6, 6.07) is 26.5. The summed E-state index contributed by atoms with van der Waals surface area (Å²) in [7, 11) is 0. The highest BCUT2D eigenvalue weighted by Crippen LogP contribution is 2.34. The largest absolute Gasteiger partial charge is 0.450 e. The number of carbonyl (C=O) groups excluding carboxylic acids is 2. The van der Waals surface area contributed by atoms with Gasteiger partial charge >= 0.3 is 6.09 Å². The molecule has 0 spiro atoms. The van der Waals surface area contributed by atoms with Gasteiger partial charge in [0.2, 0.25) is 0 Å². The van der Waals surface area contributed by atoms with Crippen LogP contribution in [0.1, 0.15) is 22.8 Å². The van der Waals surface area contributed by atoms with Crippen molar-refractivity contribution >= 4 is 35.3 Å². The van der Waals surface area contributed by atoms with Crippen LogP contribution in [0.2, 0.25) is 0 Å². The van der Waals surface area contributed by atoms with Crippen molar-refractivity contribution in [1.29, 1.82) is 5.26 Å². The lowest BCUT2D eigenvalue weighted by Gasteiger charge is -2.36. The second-order valence-corrected chi connectivity index (χ2v) is 8.88. The number of nitriles is 1. The first-order chi connectivity index (χ1) is 17.1. The Bertz CT molecular complexity index is 1210. The molecular weight excluding hydrogens is 460 g/mol. The highest BCUT2D eigenvalue weighted by atomic mass is 32.2. The van der Waals surface area contributed by atoms with E-state index in [0.29, 0.717) is 49.6 Å². The van der Waals surface area contributed by atoms with Crippen LogP contribution in [0.5, 0.6) is 0 Å². The minimum atomic E-state index is -0.309. The van der Waals surface area contributed by atoms with Crippen molar-refractivity contribution in [2.45, 2.75) is 11.8 Å². The number of nitrogens with zero attached hydrogens (tertiary/aromatic N) is 4. The molecule has 3 aromatic carbocycles. The van der Waals surface area contributed by atoms with Crippen LogP contribution >= 0.6 is 11.9 Å². The Balaban J connectivity index is 1.60. The number of carbonyl (C=O) groups is 2. The fraction of sp³-hybridized carbons (Fsp3) is 0.222. The zero-order valence-electron chi connectivity index (χ0n) is 19.5. The number of hydrogen-bond acceptors (Lipinski definition) is 6. The Morgan fingerprint density at radius 1 is 0.971 bits per heavy atom. The summed E-state index contributed by atoms with van der Waals surface area (Å²) in [5, 5.41) is 9.94. The van der Waals surface area contributed by atoms with Gasteiger partial charge < -0.3 is 14.5 Å². The molecule has 0 unspecified atom stereocenters. The van der Waals surface area contributed by atoms with Gasteiger partial charge in [-0.05, 0) is 61.3 Å².